The van der Waals surface area contributed by atoms with Crippen molar-refractivity contribution in [2.24, 2.45) is 5.84 Å². The van der Waals surface area contributed by atoms with Gasteiger partial charge in [0.1, 0.15) is 6.33 Å². The molecule has 0 spiro atoms. The zero-order valence-corrected chi connectivity index (χ0v) is 8.91. The lowest BCUT2D eigenvalue weighted by molar-refractivity contribution is 0.895. The second kappa shape index (κ2) is 3.84. The van der Waals surface area contributed by atoms with Crippen LogP contribution in [0.15, 0.2) is 42.9 Å². The van der Waals surface area contributed by atoms with Gasteiger partial charge in [-0.1, -0.05) is 18.2 Å². The highest BCUT2D eigenvalue weighted by atomic mass is 15.4. The second-order valence-corrected chi connectivity index (χ2v) is 3.50. The van der Waals surface area contributed by atoms with Crippen LogP contribution in [0.5, 0.6) is 0 Å². The summed E-state index contributed by atoms with van der Waals surface area (Å²) in [4.78, 5) is 8.19. The lowest BCUT2D eigenvalue weighted by Crippen LogP contribution is -2.08. The number of benzene rings is 1. The summed E-state index contributed by atoms with van der Waals surface area (Å²) >= 11 is 0. The normalized spacial score (nSPS) is 10.6. The summed E-state index contributed by atoms with van der Waals surface area (Å²) in [7, 11) is 0. The van der Waals surface area contributed by atoms with Crippen molar-refractivity contribution in [3.8, 4) is 5.69 Å². The number of nitrogens with zero attached hydrogens (tertiary/aromatic N) is 4. The van der Waals surface area contributed by atoms with Crippen molar-refractivity contribution >= 4 is 16.9 Å². The molecule has 6 nitrogen and oxygen atoms in total. The summed E-state index contributed by atoms with van der Waals surface area (Å²) in [6.45, 7) is 0. The van der Waals surface area contributed by atoms with Crippen LogP contribution in [0.2, 0.25) is 0 Å². The van der Waals surface area contributed by atoms with E-state index in [4.69, 9.17) is 5.84 Å². The number of aromatic nitrogens is 4. The molecule has 0 atom stereocenters. The Labute approximate surface area is 97.1 Å². The Balaban J connectivity index is 2.31. The molecule has 0 bridgehead atoms. The zero-order valence-electron chi connectivity index (χ0n) is 8.91. The van der Waals surface area contributed by atoms with Gasteiger partial charge in [0.15, 0.2) is 11.5 Å². The van der Waals surface area contributed by atoms with Crippen molar-refractivity contribution in [2.75, 3.05) is 5.43 Å². The molecule has 1 aromatic carbocycles. The lowest BCUT2D eigenvalue weighted by Gasteiger charge is -2.00. The minimum atomic E-state index is 0.560. The van der Waals surface area contributed by atoms with Gasteiger partial charge in [-0.25, -0.2) is 20.5 Å². The van der Waals surface area contributed by atoms with E-state index >= 15 is 0 Å². The molecule has 0 fully saturated rings. The van der Waals surface area contributed by atoms with Gasteiger partial charge < -0.3 is 5.43 Å². The quantitative estimate of drug-likeness (QED) is 0.505. The fraction of sp³-hybridized carbons (Fsp3) is 0. The third-order valence-corrected chi connectivity index (χ3v) is 2.48. The summed E-state index contributed by atoms with van der Waals surface area (Å²) in [6, 6.07) is 9.75. The predicted octanol–water partition coefficient (Wildman–Crippen LogP) is 1.10. The van der Waals surface area contributed by atoms with Crippen LogP contribution in [0, 0.1) is 0 Å². The minimum Gasteiger partial charge on any atom is -0.306 e. The van der Waals surface area contributed by atoms with E-state index in [-0.39, 0.29) is 0 Å². The molecule has 3 rings (SSSR count). The molecule has 84 valence electrons. The van der Waals surface area contributed by atoms with Gasteiger partial charge >= 0.3 is 0 Å². The molecule has 0 radical (unpaired) electrons. The van der Waals surface area contributed by atoms with Crippen molar-refractivity contribution in [1.29, 1.82) is 0 Å². The molecule has 6 heteroatoms. The maximum Gasteiger partial charge on any atom is 0.173 e. The van der Waals surface area contributed by atoms with Gasteiger partial charge in [0.2, 0.25) is 0 Å². The van der Waals surface area contributed by atoms with Crippen LogP contribution in [0.25, 0.3) is 16.7 Å². The van der Waals surface area contributed by atoms with Gasteiger partial charge in [-0.2, -0.15) is 0 Å². The topological polar surface area (TPSA) is 81.6 Å². The largest absolute Gasteiger partial charge is 0.306 e. The first-order chi connectivity index (χ1) is 8.40. The number of hydrogen-bond acceptors (Lipinski definition) is 5. The smallest absolute Gasteiger partial charge is 0.173 e. The molecular formula is C11H10N6. The van der Waals surface area contributed by atoms with Crippen LogP contribution in [-0.4, -0.2) is 19.7 Å². The molecule has 0 aliphatic rings. The summed E-state index contributed by atoms with van der Waals surface area (Å²) < 4.78 is 1.73. The summed E-state index contributed by atoms with van der Waals surface area (Å²) in [5.74, 6) is 5.99. The number of fused-ring (bicyclic) bond motifs is 1. The van der Waals surface area contributed by atoms with Crippen molar-refractivity contribution in [1.82, 2.24) is 19.7 Å². The zero-order chi connectivity index (χ0) is 11.7. The highest BCUT2D eigenvalue weighted by Crippen LogP contribution is 2.21. The summed E-state index contributed by atoms with van der Waals surface area (Å²) in [5, 5.41) is 5.15. The Morgan fingerprint density at radius 3 is 2.76 bits per heavy atom. The lowest BCUT2D eigenvalue weighted by atomic mass is 10.3. The minimum absolute atomic E-state index is 0.560. The number of nitrogen functional groups attached to an aromatic ring is 1. The Morgan fingerprint density at radius 2 is 2.00 bits per heavy atom. The molecule has 0 unspecified atom stereocenters. The number of hydrogen-bond donors (Lipinski definition) is 2. The first-order valence-electron chi connectivity index (χ1n) is 5.11. The van der Waals surface area contributed by atoms with E-state index in [1.54, 1.807) is 10.9 Å². The van der Waals surface area contributed by atoms with Gasteiger partial charge in [-0.15, -0.1) is 5.10 Å². The number of nitrogens with two attached hydrogens (primary N) is 1. The van der Waals surface area contributed by atoms with Gasteiger partial charge in [-0.3, -0.25) is 0 Å². The van der Waals surface area contributed by atoms with E-state index in [0.29, 0.717) is 5.82 Å². The van der Waals surface area contributed by atoms with Gasteiger partial charge in [0, 0.05) is 6.20 Å². The SMILES string of the molecule is NNc1nn(-c2ccccc2)c2ncncc12. The van der Waals surface area contributed by atoms with Crippen LogP contribution < -0.4 is 11.3 Å². The average molecular weight is 226 g/mol. The number of rotatable bonds is 2. The van der Waals surface area contributed by atoms with Crippen molar-refractivity contribution in [2.45, 2.75) is 0 Å². The van der Waals surface area contributed by atoms with E-state index in [0.717, 1.165) is 16.7 Å². The van der Waals surface area contributed by atoms with E-state index in [9.17, 15) is 0 Å². The van der Waals surface area contributed by atoms with Gasteiger partial charge in [-0.05, 0) is 12.1 Å². The Kier molecular flexibility index (Phi) is 2.20. The Hall–Kier alpha value is -2.47. The van der Waals surface area contributed by atoms with Crippen LogP contribution >= 0.6 is 0 Å². The van der Waals surface area contributed by atoms with Gasteiger partial charge in [0.25, 0.3) is 0 Å². The maximum atomic E-state index is 5.43. The number of nitrogens with one attached hydrogen (secondary N) is 1. The summed E-state index contributed by atoms with van der Waals surface area (Å²) in [6.07, 6.45) is 3.17. The van der Waals surface area contributed by atoms with Crippen molar-refractivity contribution < 1.29 is 0 Å². The molecule has 0 amide bonds. The molecule has 2 heterocycles. The molecule has 0 aliphatic heterocycles. The van der Waals surface area contributed by atoms with Crippen molar-refractivity contribution in [3.05, 3.63) is 42.9 Å². The second-order valence-electron chi connectivity index (χ2n) is 3.50. The Bertz CT molecular complexity index is 645. The van der Waals surface area contributed by atoms with E-state index in [1.807, 2.05) is 30.3 Å². The number of hydrazine groups is 1. The van der Waals surface area contributed by atoms with E-state index in [2.05, 4.69) is 20.5 Å². The van der Waals surface area contributed by atoms with E-state index < -0.39 is 0 Å². The monoisotopic (exact) mass is 226 g/mol. The fourth-order valence-corrected chi connectivity index (χ4v) is 1.72. The predicted molar refractivity (Wildman–Crippen MR) is 64.5 cm³/mol. The highest BCUT2D eigenvalue weighted by Gasteiger charge is 2.11. The first-order valence-corrected chi connectivity index (χ1v) is 5.11. The maximum absolute atomic E-state index is 5.43. The fourth-order valence-electron chi connectivity index (χ4n) is 1.72. The van der Waals surface area contributed by atoms with Crippen LogP contribution in [0.4, 0.5) is 5.82 Å². The number of para-hydroxylation sites is 1. The van der Waals surface area contributed by atoms with E-state index in [1.165, 1.54) is 6.33 Å². The molecule has 0 saturated heterocycles. The first kappa shape index (κ1) is 9.73. The van der Waals surface area contributed by atoms with Crippen LogP contribution in [-0.2, 0) is 0 Å². The standard InChI is InChI=1S/C11H10N6/c12-15-10-9-6-13-7-14-11(9)17(16-10)8-4-2-1-3-5-8/h1-7H,12H2,(H,15,16). The van der Waals surface area contributed by atoms with Crippen LogP contribution in [0.1, 0.15) is 0 Å². The highest BCUT2D eigenvalue weighted by molar-refractivity contribution is 5.87. The molecular weight excluding hydrogens is 216 g/mol. The number of anilines is 1. The third-order valence-electron chi connectivity index (χ3n) is 2.48. The molecule has 2 aromatic heterocycles. The Morgan fingerprint density at radius 1 is 1.18 bits per heavy atom. The van der Waals surface area contributed by atoms with Gasteiger partial charge in [0.05, 0.1) is 11.1 Å². The molecule has 0 saturated carbocycles. The van der Waals surface area contributed by atoms with Crippen LogP contribution in [0.3, 0.4) is 0 Å². The molecule has 17 heavy (non-hydrogen) atoms. The third kappa shape index (κ3) is 1.51. The molecule has 3 aromatic rings. The molecule has 0 aliphatic carbocycles. The molecule has 3 N–H and O–H groups in total. The van der Waals surface area contributed by atoms with Crippen molar-refractivity contribution in [3.63, 3.8) is 0 Å². The summed E-state index contributed by atoms with van der Waals surface area (Å²) in [5.41, 5.74) is 4.20. The average Bonchev–Trinajstić information content (AvgIpc) is 2.78.